The lowest BCUT2D eigenvalue weighted by molar-refractivity contribution is -0.384. The van der Waals surface area contributed by atoms with Crippen LogP contribution in [0.25, 0.3) is 0 Å². The summed E-state index contributed by atoms with van der Waals surface area (Å²) in [7, 11) is 1.74. The average molecular weight is 250 g/mol. The van der Waals surface area contributed by atoms with Gasteiger partial charge in [-0.25, -0.2) is 0 Å². The van der Waals surface area contributed by atoms with E-state index in [9.17, 15) is 10.1 Å². The summed E-state index contributed by atoms with van der Waals surface area (Å²) in [5.41, 5.74) is 1.20. The maximum atomic E-state index is 10.6. The second kappa shape index (κ2) is 5.46. The molecule has 5 heteroatoms. The zero-order valence-electron chi connectivity index (χ0n) is 10.6. The van der Waals surface area contributed by atoms with Crippen LogP contribution in [-0.2, 0) is 4.74 Å². The van der Waals surface area contributed by atoms with Crippen LogP contribution in [0.15, 0.2) is 24.3 Å². The van der Waals surface area contributed by atoms with E-state index in [0.29, 0.717) is 12.1 Å². The molecule has 0 saturated heterocycles. The Bertz CT molecular complexity index is 413. The van der Waals surface area contributed by atoms with Gasteiger partial charge in [-0.3, -0.25) is 10.1 Å². The molecule has 98 valence electrons. The molecule has 1 N–H and O–H groups in total. The van der Waals surface area contributed by atoms with E-state index in [4.69, 9.17) is 4.74 Å². The van der Waals surface area contributed by atoms with E-state index in [-0.39, 0.29) is 16.7 Å². The van der Waals surface area contributed by atoms with E-state index in [2.05, 4.69) is 12.2 Å². The first-order valence-electron chi connectivity index (χ1n) is 6.13. The Morgan fingerprint density at radius 2 is 2.00 bits per heavy atom. The molecule has 0 radical (unpaired) electrons. The fraction of sp³-hybridized carbons (Fsp3) is 0.538. The third-order valence-electron chi connectivity index (χ3n) is 3.52. The van der Waals surface area contributed by atoms with Crippen molar-refractivity contribution in [1.29, 1.82) is 0 Å². The molecule has 1 aliphatic rings. The Hall–Kier alpha value is -1.46. The third kappa shape index (κ3) is 2.86. The molecule has 0 aromatic heterocycles. The van der Waals surface area contributed by atoms with Gasteiger partial charge >= 0.3 is 0 Å². The number of benzene rings is 1. The van der Waals surface area contributed by atoms with Crippen molar-refractivity contribution in [3.8, 4) is 0 Å². The van der Waals surface area contributed by atoms with Crippen molar-refractivity contribution in [1.82, 2.24) is 5.32 Å². The molecule has 0 spiro atoms. The Balaban J connectivity index is 1.89. The summed E-state index contributed by atoms with van der Waals surface area (Å²) in [6.07, 6.45) is 2.45. The summed E-state index contributed by atoms with van der Waals surface area (Å²) >= 11 is 0. The second-order valence-corrected chi connectivity index (χ2v) is 4.76. The second-order valence-electron chi connectivity index (χ2n) is 4.76. The lowest BCUT2D eigenvalue weighted by atomic mass is 9.88. The molecule has 0 aliphatic heterocycles. The maximum Gasteiger partial charge on any atom is 0.269 e. The van der Waals surface area contributed by atoms with Crippen molar-refractivity contribution in [2.24, 2.45) is 0 Å². The maximum absolute atomic E-state index is 10.6. The van der Waals surface area contributed by atoms with Crippen molar-refractivity contribution in [2.75, 3.05) is 7.11 Å². The van der Waals surface area contributed by atoms with Gasteiger partial charge in [-0.2, -0.15) is 0 Å². The fourth-order valence-corrected chi connectivity index (χ4v) is 2.23. The summed E-state index contributed by atoms with van der Waals surface area (Å²) < 4.78 is 5.23. The van der Waals surface area contributed by atoms with Crippen LogP contribution in [-0.4, -0.2) is 24.2 Å². The van der Waals surface area contributed by atoms with E-state index in [1.807, 2.05) is 12.1 Å². The lowest BCUT2D eigenvalue weighted by Crippen LogP contribution is -2.45. The van der Waals surface area contributed by atoms with E-state index < -0.39 is 0 Å². The van der Waals surface area contributed by atoms with Gasteiger partial charge in [-0.05, 0) is 25.3 Å². The molecule has 0 bridgehead atoms. The first-order valence-corrected chi connectivity index (χ1v) is 6.13. The van der Waals surface area contributed by atoms with Crippen LogP contribution in [0.5, 0.6) is 0 Å². The van der Waals surface area contributed by atoms with Crippen LogP contribution >= 0.6 is 0 Å². The number of non-ortho nitro benzene ring substituents is 1. The van der Waals surface area contributed by atoms with Gasteiger partial charge in [0.2, 0.25) is 0 Å². The van der Waals surface area contributed by atoms with Crippen molar-refractivity contribution >= 4 is 5.69 Å². The molecule has 0 amide bonds. The quantitative estimate of drug-likeness (QED) is 0.644. The molecule has 1 fully saturated rings. The van der Waals surface area contributed by atoms with E-state index in [1.165, 1.54) is 0 Å². The Kier molecular flexibility index (Phi) is 3.93. The van der Waals surface area contributed by atoms with Gasteiger partial charge in [0.15, 0.2) is 0 Å². The number of hydrogen-bond acceptors (Lipinski definition) is 4. The minimum atomic E-state index is -0.378. The van der Waals surface area contributed by atoms with Gasteiger partial charge in [-0.1, -0.05) is 12.1 Å². The zero-order valence-corrected chi connectivity index (χ0v) is 10.6. The highest BCUT2D eigenvalue weighted by Crippen LogP contribution is 2.26. The number of nitro groups is 1. The van der Waals surface area contributed by atoms with E-state index in [1.54, 1.807) is 19.2 Å². The monoisotopic (exact) mass is 250 g/mol. The van der Waals surface area contributed by atoms with E-state index in [0.717, 1.165) is 18.4 Å². The van der Waals surface area contributed by atoms with Crippen LogP contribution in [0.3, 0.4) is 0 Å². The van der Waals surface area contributed by atoms with Gasteiger partial charge < -0.3 is 10.1 Å². The molecule has 1 unspecified atom stereocenters. The molecule has 1 aromatic carbocycles. The van der Waals surface area contributed by atoms with Gasteiger partial charge in [0.25, 0.3) is 5.69 Å². The Morgan fingerprint density at radius 1 is 1.39 bits per heavy atom. The van der Waals surface area contributed by atoms with Gasteiger partial charge in [0.1, 0.15) is 0 Å². The molecular formula is C13H18N2O3. The first-order chi connectivity index (χ1) is 8.60. The number of methoxy groups -OCH3 is 1. The number of nitrogens with one attached hydrogen (secondary N) is 1. The summed E-state index contributed by atoms with van der Waals surface area (Å²) in [4.78, 5) is 10.2. The number of rotatable bonds is 5. The predicted molar refractivity (Wildman–Crippen MR) is 68.5 cm³/mol. The first kappa shape index (κ1) is 13.0. The molecule has 5 nitrogen and oxygen atoms in total. The van der Waals surface area contributed by atoms with Crippen LogP contribution in [0.2, 0.25) is 0 Å². The molecule has 2 rings (SSSR count). The number of hydrogen-bond donors (Lipinski definition) is 1. The van der Waals surface area contributed by atoms with Crippen molar-refractivity contribution < 1.29 is 9.66 Å². The van der Waals surface area contributed by atoms with E-state index >= 15 is 0 Å². The van der Waals surface area contributed by atoms with Gasteiger partial charge in [0.05, 0.1) is 11.0 Å². The molecule has 0 heterocycles. The van der Waals surface area contributed by atoms with Crippen LogP contribution in [0.4, 0.5) is 5.69 Å². The molecule has 1 aliphatic carbocycles. The number of nitrogens with zero attached hydrogens (tertiary/aromatic N) is 1. The molecule has 1 aromatic rings. The third-order valence-corrected chi connectivity index (χ3v) is 3.52. The standard InChI is InChI=1S/C13H18N2O3/c1-9(14-11-7-13(8-11)18-2)10-3-5-12(6-4-10)15(16)17/h3-6,9,11,13-14H,7-8H2,1-2H3. The number of nitro benzene ring substituents is 1. The fourth-order valence-electron chi connectivity index (χ4n) is 2.23. The Morgan fingerprint density at radius 3 is 2.50 bits per heavy atom. The van der Waals surface area contributed by atoms with Crippen LogP contribution in [0, 0.1) is 10.1 Å². The minimum absolute atomic E-state index is 0.133. The molecule has 1 saturated carbocycles. The highest BCUT2D eigenvalue weighted by atomic mass is 16.6. The normalized spacial score (nSPS) is 24.3. The summed E-state index contributed by atoms with van der Waals surface area (Å²) in [5, 5.41) is 14.1. The smallest absolute Gasteiger partial charge is 0.269 e. The summed E-state index contributed by atoms with van der Waals surface area (Å²) in [5.74, 6) is 0. The zero-order chi connectivity index (χ0) is 13.1. The average Bonchev–Trinajstić information content (AvgIpc) is 2.33. The van der Waals surface area contributed by atoms with Crippen LogP contribution in [0.1, 0.15) is 31.4 Å². The largest absolute Gasteiger partial charge is 0.381 e. The SMILES string of the molecule is COC1CC(NC(C)c2ccc([N+](=O)[O-])cc2)C1. The number of ether oxygens (including phenoxy) is 1. The van der Waals surface area contributed by atoms with Crippen molar-refractivity contribution in [3.63, 3.8) is 0 Å². The molecule has 18 heavy (non-hydrogen) atoms. The highest BCUT2D eigenvalue weighted by molar-refractivity contribution is 5.34. The highest BCUT2D eigenvalue weighted by Gasteiger charge is 2.29. The van der Waals surface area contributed by atoms with Crippen molar-refractivity contribution in [3.05, 3.63) is 39.9 Å². The topological polar surface area (TPSA) is 64.4 Å². The van der Waals surface area contributed by atoms with Crippen molar-refractivity contribution in [2.45, 2.75) is 38.0 Å². The summed E-state index contributed by atoms with van der Waals surface area (Å²) in [6.45, 7) is 2.07. The lowest BCUT2D eigenvalue weighted by Gasteiger charge is -2.36. The molecule has 1 atom stereocenters. The molecular weight excluding hydrogens is 232 g/mol. The van der Waals surface area contributed by atoms with Gasteiger partial charge in [0, 0.05) is 31.3 Å². The Labute approximate surface area is 106 Å². The van der Waals surface area contributed by atoms with Gasteiger partial charge in [-0.15, -0.1) is 0 Å². The predicted octanol–water partition coefficient (Wildman–Crippen LogP) is 2.42. The summed E-state index contributed by atoms with van der Waals surface area (Å²) in [6, 6.07) is 7.40. The minimum Gasteiger partial charge on any atom is -0.381 e. The van der Waals surface area contributed by atoms with Crippen LogP contribution < -0.4 is 5.32 Å².